The van der Waals surface area contributed by atoms with Gasteiger partial charge in [-0.1, -0.05) is 6.92 Å². The highest BCUT2D eigenvalue weighted by Crippen LogP contribution is 2.18. The number of nitrogens with one attached hydrogen (secondary N) is 3. The summed E-state index contributed by atoms with van der Waals surface area (Å²) in [7, 11) is 1.84. The Labute approximate surface area is 149 Å². The van der Waals surface area contributed by atoms with Gasteiger partial charge >= 0.3 is 0 Å². The third-order valence-corrected chi connectivity index (χ3v) is 4.02. The Morgan fingerprint density at radius 2 is 1.76 bits per heavy atom. The van der Waals surface area contributed by atoms with Gasteiger partial charge in [-0.25, -0.2) is 0 Å². The molecule has 2 amide bonds. The number of anilines is 2. The molecule has 0 spiro atoms. The van der Waals surface area contributed by atoms with Crippen LogP contribution in [-0.4, -0.2) is 64.8 Å². The van der Waals surface area contributed by atoms with Crippen LogP contribution in [-0.2, 0) is 14.3 Å². The molecule has 1 heterocycles. The summed E-state index contributed by atoms with van der Waals surface area (Å²) in [6.45, 7) is 6.51. The number of amides is 2. The topological polar surface area (TPSA) is 75.1 Å². The quantitative estimate of drug-likeness (QED) is 0.592. The molecule has 1 aromatic rings. The summed E-state index contributed by atoms with van der Waals surface area (Å²) in [4.78, 5) is 26.9. The van der Waals surface area contributed by atoms with Crippen molar-refractivity contribution < 1.29 is 19.2 Å². The molecule has 7 nitrogen and oxygen atoms in total. The predicted octanol–water partition coefficient (Wildman–Crippen LogP) is -0.497. The SMILES string of the molecule is CCCNC(=O)C[NH+](C)CC(=O)Nc1ccc(N2CCOCC2)cc1. The first-order valence-corrected chi connectivity index (χ1v) is 8.89. The molecule has 0 radical (unpaired) electrons. The van der Waals surface area contributed by atoms with Crippen LogP contribution in [0.1, 0.15) is 13.3 Å². The standard InChI is InChI=1S/C18H28N4O3/c1-3-8-19-17(23)13-21(2)14-18(24)20-15-4-6-16(7-5-15)22-9-11-25-12-10-22/h4-7H,3,8-14H2,1-2H3,(H,19,23)(H,20,24)/p+1. The molecule has 3 N–H and O–H groups in total. The molecule has 1 fully saturated rings. The highest BCUT2D eigenvalue weighted by atomic mass is 16.5. The van der Waals surface area contributed by atoms with Crippen molar-refractivity contribution in [2.24, 2.45) is 0 Å². The van der Waals surface area contributed by atoms with Gasteiger partial charge < -0.3 is 25.2 Å². The van der Waals surface area contributed by atoms with Crippen LogP contribution in [0.25, 0.3) is 0 Å². The molecule has 1 saturated heterocycles. The van der Waals surface area contributed by atoms with Crippen LogP contribution in [0.4, 0.5) is 11.4 Å². The van der Waals surface area contributed by atoms with E-state index in [1.807, 2.05) is 38.2 Å². The maximum absolute atomic E-state index is 12.1. The molecule has 0 aliphatic carbocycles. The molecule has 0 bridgehead atoms. The van der Waals surface area contributed by atoms with Gasteiger partial charge in [0.2, 0.25) is 0 Å². The van der Waals surface area contributed by atoms with E-state index in [1.165, 1.54) is 0 Å². The van der Waals surface area contributed by atoms with E-state index in [0.717, 1.165) is 49.0 Å². The Hall–Kier alpha value is -2.12. The maximum atomic E-state index is 12.1. The largest absolute Gasteiger partial charge is 0.378 e. The molecule has 1 unspecified atom stereocenters. The van der Waals surface area contributed by atoms with Crippen molar-refractivity contribution in [2.75, 3.05) is 63.2 Å². The minimum atomic E-state index is -0.0973. The minimum Gasteiger partial charge on any atom is -0.378 e. The number of nitrogens with zero attached hydrogens (tertiary/aromatic N) is 1. The van der Waals surface area contributed by atoms with E-state index in [4.69, 9.17) is 4.74 Å². The second-order valence-electron chi connectivity index (χ2n) is 6.36. The van der Waals surface area contributed by atoms with Crippen molar-refractivity contribution in [3.8, 4) is 0 Å². The fourth-order valence-electron chi connectivity index (χ4n) is 2.72. The van der Waals surface area contributed by atoms with Crippen molar-refractivity contribution >= 4 is 23.2 Å². The molecule has 1 aliphatic rings. The highest BCUT2D eigenvalue weighted by molar-refractivity contribution is 5.91. The summed E-state index contributed by atoms with van der Waals surface area (Å²) in [5.74, 6) is -0.123. The maximum Gasteiger partial charge on any atom is 0.279 e. The first-order valence-electron chi connectivity index (χ1n) is 8.89. The van der Waals surface area contributed by atoms with Crippen molar-refractivity contribution in [1.29, 1.82) is 0 Å². The van der Waals surface area contributed by atoms with E-state index in [-0.39, 0.29) is 18.4 Å². The first kappa shape index (κ1) is 19.2. The van der Waals surface area contributed by atoms with E-state index in [9.17, 15) is 9.59 Å². The predicted molar refractivity (Wildman–Crippen MR) is 98.0 cm³/mol. The van der Waals surface area contributed by atoms with E-state index >= 15 is 0 Å². The summed E-state index contributed by atoms with van der Waals surface area (Å²) >= 11 is 0. The summed E-state index contributed by atoms with van der Waals surface area (Å²) in [5.41, 5.74) is 1.90. The molecule has 0 aromatic heterocycles. The van der Waals surface area contributed by atoms with Gasteiger partial charge in [-0.15, -0.1) is 0 Å². The highest BCUT2D eigenvalue weighted by Gasteiger charge is 2.14. The number of likely N-dealkylation sites (N-methyl/N-ethyl adjacent to an activating group) is 1. The molecule has 1 atom stereocenters. The summed E-state index contributed by atoms with van der Waals surface area (Å²) in [6, 6.07) is 7.84. The van der Waals surface area contributed by atoms with Gasteiger partial charge in [0.15, 0.2) is 13.1 Å². The van der Waals surface area contributed by atoms with Gasteiger partial charge in [-0.2, -0.15) is 0 Å². The number of rotatable bonds is 8. The molecule has 2 rings (SSSR count). The normalized spacial score (nSPS) is 15.5. The Morgan fingerprint density at radius 1 is 1.12 bits per heavy atom. The third kappa shape index (κ3) is 6.72. The number of carbonyl (C=O) groups is 2. The lowest BCUT2D eigenvalue weighted by Crippen LogP contribution is -3.11. The van der Waals surface area contributed by atoms with E-state index in [2.05, 4.69) is 15.5 Å². The Bertz CT molecular complexity index is 556. The lowest BCUT2D eigenvalue weighted by Gasteiger charge is -2.28. The fraction of sp³-hybridized carbons (Fsp3) is 0.556. The molecule has 0 saturated carbocycles. The van der Waals surface area contributed by atoms with Gasteiger partial charge in [-0.3, -0.25) is 9.59 Å². The number of carbonyl (C=O) groups excluding carboxylic acids is 2. The molecular weight excluding hydrogens is 320 g/mol. The molecule has 138 valence electrons. The summed E-state index contributed by atoms with van der Waals surface area (Å²) < 4.78 is 5.35. The number of ether oxygens (including phenoxy) is 1. The number of morpholine rings is 1. The second kappa shape index (κ2) is 10.0. The molecule has 25 heavy (non-hydrogen) atoms. The van der Waals surface area contributed by atoms with Gasteiger partial charge in [0, 0.05) is 31.0 Å². The van der Waals surface area contributed by atoms with Crippen LogP contribution >= 0.6 is 0 Å². The van der Waals surface area contributed by atoms with Crippen LogP contribution in [0.15, 0.2) is 24.3 Å². The van der Waals surface area contributed by atoms with Crippen molar-refractivity contribution in [1.82, 2.24) is 5.32 Å². The third-order valence-electron chi connectivity index (χ3n) is 4.02. The van der Waals surface area contributed by atoms with Crippen LogP contribution in [0.5, 0.6) is 0 Å². The van der Waals surface area contributed by atoms with Crippen LogP contribution < -0.4 is 20.4 Å². The van der Waals surface area contributed by atoms with Crippen molar-refractivity contribution in [3.63, 3.8) is 0 Å². The van der Waals surface area contributed by atoms with Gasteiger partial charge in [0.25, 0.3) is 11.8 Å². The van der Waals surface area contributed by atoms with Crippen molar-refractivity contribution in [3.05, 3.63) is 24.3 Å². The number of quaternary nitrogens is 1. The van der Waals surface area contributed by atoms with E-state index in [1.54, 1.807) is 0 Å². The zero-order valence-corrected chi connectivity index (χ0v) is 15.1. The first-order chi connectivity index (χ1) is 12.1. The smallest absolute Gasteiger partial charge is 0.279 e. The fourth-order valence-corrected chi connectivity index (χ4v) is 2.72. The zero-order valence-electron chi connectivity index (χ0n) is 15.1. The van der Waals surface area contributed by atoms with Crippen LogP contribution in [0, 0.1) is 0 Å². The molecular formula is C18H29N4O3+. The molecule has 7 heteroatoms. The van der Waals surface area contributed by atoms with Crippen LogP contribution in [0.2, 0.25) is 0 Å². The van der Waals surface area contributed by atoms with Crippen molar-refractivity contribution in [2.45, 2.75) is 13.3 Å². The lowest BCUT2D eigenvalue weighted by molar-refractivity contribution is -0.862. The summed E-state index contributed by atoms with van der Waals surface area (Å²) in [5, 5.41) is 5.70. The zero-order chi connectivity index (χ0) is 18.1. The molecule has 1 aromatic carbocycles. The number of hydrogen-bond donors (Lipinski definition) is 3. The number of benzene rings is 1. The Kier molecular flexibility index (Phi) is 7.69. The van der Waals surface area contributed by atoms with Gasteiger partial charge in [-0.05, 0) is 30.7 Å². The average Bonchev–Trinajstić information content (AvgIpc) is 2.61. The number of hydrogen-bond acceptors (Lipinski definition) is 4. The average molecular weight is 349 g/mol. The second-order valence-corrected chi connectivity index (χ2v) is 6.36. The lowest BCUT2D eigenvalue weighted by atomic mass is 10.2. The van der Waals surface area contributed by atoms with E-state index in [0.29, 0.717) is 13.1 Å². The van der Waals surface area contributed by atoms with Gasteiger partial charge in [0.1, 0.15) is 0 Å². The Morgan fingerprint density at radius 3 is 2.40 bits per heavy atom. The van der Waals surface area contributed by atoms with Crippen LogP contribution in [0.3, 0.4) is 0 Å². The Balaban J connectivity index is 1.76. The molecule has 1 aliphatic heterocycles. The van der Waals surface area contributed by atoms with E-state index < -0.39 is 0 Å². The monoisotopic (exact) mass is 349 g/mol. The minimum absolute atomic E-state index is 0.0259. The van der Waals surface area contributed by atoms with Gasteiger partial charge in [0.05, 0.1) is 20.3 Å². The summed E-state index contributed by atoms with van der Waals surface area (Å²) in [6.07, 6.45) is 0.908.